The van der Waals surface area contributed by atoms with Crippen LogP contribution < -0.4 is 33.8 Å². The van der Waals surface area contributed by atoms with Crippen molar-refractivity contribution in [2.75, 3.05) is 34.4 Å². The van der Waals surface area contributed by atoms with Crippen molar-refractivity contribution in [1.82, 2.24) is 9.47 Å². The van der Waals surface area contributed by atoms with Gasteiger partial charge in [0.1, 0.15) is 24.1 Å². The highest BCUT2D eigenvalue weighted by molar-refractivity contribution is 9.10. The molecule has 0 spiro atoms. The van der Waals surface area contributed by atoms with Gasteiger partial charge in [0.2, 0.25) is 0 Å². The number of thiazole rings is 1. The number of allylic oxidation sites excluding steroid dienone is 1. The van der Waals surface area contributed by atoms with Crippen LogP contribution in [0.1, 0.15) is 43.5 Å². The van der Waals surface area contributed by atoms with Crippen LogP contribution in [0.25, 0.3) is 6.08 Å². The molecule has 0 saturated carbocycles. The molecule has 0 aliphatic carbocycles. The molecule has 0 bridgehead atoms. The molecule has 0 unspecified atom stereocenters. The lowest BCUT2D eigenvalue weighted by molar-refractivity contribution is -0.127. The van der Waals surface area contributed by atoms with Crippen molar-refractivity contribution < 1.29 is 23.7 Å². The Morgan fingerprint density at radius 3 is 2.37 bits per heavy atom. The third-order valence-electron chi connectivity index (χ3n) is 7.81. The molecule has 2 heterocycles. The third kappa shape index (κ3) is 6.47. The third-order valence-corrected chi connectivity index (χ3v) is 9.38. The van der Waals surface area contributed by atoms with E-state index in [2.05, 4.69) is 15.9 Å². The van der Waals surface area contributed by atoms with Crippen LogP contribution >= 0.6 is 27.3 Å². The van der Waals surface area contributed by atoms with Crippen LogP contribution in [0, 0.1) is 0 Å². The molecule has 1 atom stereocenters. The number of nitrogens with zero attached hydrogens (tertiary/aromatic N) is 3. The van der Waals surface area contributed by atoms with Crippen LogP contribution in [0.3, 0.4) is 0 Å². The molecule has 0 saturated heterocycles. The smallest absolute Gasteiger partial charge is 0.271 e. The molecule has 1 aliphatic rings. The van der Waals surface area contributed by atoms with Crippen molar-refractivity contribution in [3.05, 3.63) is 113 Å². The molecule has 240 valence electrons. The van der Waals surface area contributed by atoms with Gasteiger partial charge in [-0.25, -0.2) is 4.99 Å². The molecule has 46 heavy (non-hydrogen) atoms. The number of halogens is 1. The quantitative estimate of drug-likeness (QED) is 0.206. The number of aromatic nitrogens is 1. The highest BCUT2D eigenvalue weighted by atomic mass is 79.9. The molecule has 1 amide bonds. The first-order valence-corrected chi connectivity index (χ1v) is 16.4. The fourth-order valence-electron chi connectivity index (χ4n) is 5.47. The molecule has 1 aliphatic heterocycles. The SMILES string of the molecule is CCN(CC)C(=O)C1=C(C)N=c2s/c(=C/c3cc(Br)c(OCc4ccccc4)c(OC)c3)c(=O)n2[C@H]1c1cc(OC)ccc1OC. The fraction of sp³-hybridized carbons (Fsp3) is 0.286. The van der Waals surface area contributed by atoms with E-state index in [9.17, 15) is 9.59 Å². The fourth-order valence-corrected chi connectivity index (χ4v) is 7.09. The summed E-state index contributed by atoms with van der Waals surface area (Å²) < 4.78 is 25.8. The highest BCUT2D eigenvalue weighted by Gasteiger charge is 2.36. The summed E-state index contributed by atoms with van der Waals surface area (Å²) in [6.07, 6.45) is 1.79. The number of fused-ring (bicyclic) bond motifs is 1. The summed E-state index contributed by atoms with van der Waals surface area (Å²) in [7, 11) is 4.72. The van der Waals surface area contributed by atoms with E-state index < -0.39 is 6.04 Å². The molecular weight excluding hydrogens is 670 g/mol. The number of carbonyl (C=O) groups is 1. The van der Waals surface area contributed by atoms with Crippen LogP contribution in [0.15, 0.2) is 86.2 Å². The Balaban J connectivity index is 1.65. The maximum Gasteiger partial charge on any atom is 0.271 e. The number of amides is 1. The van der Waals surface area contributed by atoms with Crippen molar-refractivity contribution in [3.8, 4) is 23.0 Å². The maximum absolute atomic E-state index is 14.3. The molecule has 1 aromatic heterocycles. The Hall–Kier alpha value is -4.35. The van der Waals surface area contributed by atoms with E-state index >= 15 is 0 Å². The van der Waals surface area contributed by atoms with Gasteiger partial charge >= 0.3 is 0 Å². The minimum Gasteiger partial charge on any atom is -0.497 e. The maximum atomic E-state index is 14.3. The first-order valence-electron chi connectivity index (χ1n) is 14.8. The van der Waals surface area contributed by atoms with E-state index in [1.807, 2.05) is 69.3 Å². The summed E-state index contributed by atoms with van der Waals surface area (Å²) in [4.78, 5) is 35.3. The van der Waals surface area contributed by atoms with Gasteiger partial charge in [-0.3, -0.25) is 14.2 Å². The molecule has 0 N–H and O–H groups in total. The molecule has 5 rings (SSSR count). The molecule has 4 aromatic rings. The van der Waals surface area contributed by atoms with E-state index in [-0.39, 0.29) is 11.5 Å². The Bertz CT molecular complexity index is 1960. The predicted molar refractivity (Wildman–Crippen MR) is 183 cm³/mol. The second-order valence-corrected chi connectivity index (χ2v) is 12.3. The number of benzene rings is 3. The Labute approximate surface area is 280 Å². The first kappa shape index (κ1) is 33.0. The van der Waals surface area contributed by atoms with Crippen LogP contribution in [0.5, 0.6) is 23.0 Å². The second-order valence-electron chi connectivity index (χ2n) is 10.5. The van der Waals surface area contributed by atoms with Gasteiger partial charge in [-0.15, -0.1) is 0 Å². The van der Waals surface area contributed by atoms with Crippen molar-refractivity contribution in [3.63, 3.8) is 0 Å². The highest BCUT2D eigenvalue weighted by Crippen LogP contribution is 2.39. The number of likely N-dealkylation sites (N-methyl/N-ethyl adjacent to an activating group) is 1. The summed E-state index contributed by atoms with van der Waals surface area (Å²) in [5.74, 6) is 2.00. The molecule has 0 fully saturated rings. The van der Waals surface area contributed by atoms with Crippen molar-refractivity contribution in [2.45, 2.75) is 33.4 Å². The number of hydrogen-bond acceptors (Lipinski definition) is 8. The first-order chi connectivity index (χ1) is 22.2. The summed E-state index contributed by atoms with van der Waals surface area (Å²) in [5.41, 5.74) is 3.06. The van der Waals surface area contributed by atoms with Crippen LogP contribution in [0.2, 0.25) is 0 Å². The van der Waals surface area contributed by atoms with E-state index in [0.29, 0.717) is 73.3 Å². The van der Waals surface area contributed by atoms with Gasteiger partial charge in [0.15, 0.2) is 16.3 Å². The van der Waals surface area contributed by atoms with Crippen molar-refractivity contribution in [1.29, 1.82) is 0 Å². The average molecular weight is 707 g/mol. The Morgan fingerprint density at radius 1 is 1.00 bits per heavy atom. The normalized spacial score (nSPS) is 14.4. The lowest BCUT2D eigenvalue weighted by atomic mass is 9.93. The zero-order chi connectivity index (χ0) is 33.0. The lowest BCUT2D eigenvalue weighted by Gasteiger charge is -2.30. The second kappa shape index (κ2) is 14.4. The Morgan fingerprint density at radius 2 is 1.72 bits per heavy atom. The molecule has 9 nitrogen and oxygen atoms in total. The van der Waals surface area contributed by atoms with Gasteiger partial charge in [0.25, 0.3) is 11.5 Å². The number of hydrogen-bond donors (Lipinski definition) is 0. The summed E-state index contributed by atoms with van der Waals surface area (Å²) in [6.45, 7) is 7.07. The number of carbonyl (C=O) groups excluding carboxylic acids is 1. The summed E-state index contributed by atoms with van der Waals surface area (Å²) in [6, 6.07) is 18.2. The molecule has 11 heteroatoms. The standard InChI is InChI=1S/C35H36BrN3O6S/c1-7-38(8-2)34(41)30-21(3)37-35-39(31(30)25-19-24(42-4)14-15-27(25)43-5)33(40)29(46-35)18-23-16-26(36)32(28(17-23)44-6)45-20-22-12-10-9-11-13-22/h9-19,31H,7-8,20H2,1-6H3/b29-18+/t31-/m0/s1. The van der Waals surface area contributed by atoms with Crippen LogP contribution in [0.4, 0.5) is 0 Å². The van der Waals surface area contributed by atoms with E-state index in [4.69, 9.17) is 23.9 Å². The lowest BCUT2D eigenvalue weighted by Crippen LogP contribution is -2.43. The number of ether oxygens (including phenoxy) is 4. The predicted octanol–water partition coefficient (Wildman–Crippen LogP) is 5.47. The summed E-state index contributed by atoms with van der Waals surface area (Å²) in [5, 5.41) is 0. The number of rotatable bonds is 11. The average Bonchev–Trinajstić information content (AvgIpc) is 3.37. The molecular formula is C35H36BrN3O6S. The zero-order valence-corrected chi connectivity index (χ0v) is 29.0. The van der Waals surface area contributed by atoms with E-state index in [0.717, 1.165) is 11.1 Å². The van der Waals surface area contributed by atoms with Crippen molar-refractivity contribution in [2.24, 2.45) is 4.99 Å². The monoisotopic (exact) mass is 705 g/mol. The topological polar surface area (TPSA) is 91.6 Å². The van der Waals surface area contributed by atoms with E-state index in [1.165, 1.54) is 11.3 Å². The Kier molecular flexibility index (Phi) is 10.3. The minimum absolute atomic E-state index is 0.185. The number of methoxy groups -OCH3 is 3. The summed E-state index contributed by atoms with van der Waals surface area (Å²) >= 11 is 4.89. The van der Waals surface area contributed by atoms with E-state index in [1.54, 1.807) is 49.0 Å². The van der Waals surface area contributed by atoms with Gasteiger partial charge in [0, 0.05) is 18.7 Å². The van der Waals surface area contributed by atoms with Gasteiger partial charge < -0.3 is 23.8 Å². The zero-order valence-electron chi connectivity index (χ0n) is 26.6. The van der Waals surface area contributed by atoms with Gasteiger partial charge in [-0.2, -0.15) is 0 Å². The van der Waals surface area contributed by atoms with Gasteiger partial charge in [-0.1, -0.05) is 41.7 Å². The van der Waals surface area contributed by atoms with Gasteiger partial charge in [0.05, 0.1) is 41.6 Å². The molecule has 0 radical (unpaired) electrons. The largest absolute Gasteiger partial charge is 0.497 e. The minimum atomic E-state index is -0.786. The van der Waals surface area contributed by atoms with Crippen LogP contribution in [-0.4, -0.2) is 49.8 Å². The van der Waals surface area contributed by atoms with Crippen LogP contribution in [-0.2, 0) is 11.4 Å². The van der Waals surface area contributed by atoms with Crippen molar-refractivity contribution >= 4 is 39.2 Å². The molecule has 3 aromatic carbocycles. The van der Waals surface area contributed by atoms with Gasteiger partial charge in [-0.05, 0) is 84.2 Å².